The summed E-state index contributed by atoms with van der Waals surface area (Å²) in [6, 6.07) is 18.4. The first kappa shape index (κ1) is 21.3. The molecule has 6 heteroatoms. The van der Waals surface area contributed by atoms with E-state index in [1.54, 1.807) is 41.3 Å². The number of benzene rings is 2. The van der Waals surface area contributed by atoms with E-state index in [2.05, 4.69) is 48.7 Å². The molecule has 3 aromatic rings. The van der Waals surface area contributed by atoms with Crippen molar-refractivity contribution in [2.75, 3.05) is 18.4 Å². The Balaban J connectivity index is 1.50. The summed E-state index contributed by atoms with van der Waals surface area (Å²) in [5, 5.41) is 5.66. The number of carbonyl (C=O) groups is 2. The zero-order chi connectivity index (χ0) is 21.3. The van der Waals surface area contributed by atoms with Gasteiger partial charge in [-0.2, -0.15) is 0 Å². The van der Waals surface area contributed by atoms with Crippen molar-refractivity contribution < 1.29 is 18.9 Å². The summed E-state index contributed by atoms with van der Waals surface area (Å²) in [7, 11) is 0. The van der Waals surface area contributed by atoms with Crippen molar-refractivity contribution in [3.8, 4) is 0 Å². The molecule has 2 amide bonds. The van der Waals surface area contributed by atoms with Crippen LogP contribution >= 0.6 is 0 Å². The fourth-order valence-corrected chi connectivity index (χ4v) is 3.15. The van der Waals surface area contributed by atoms with Gasteiger partial charge in [0.1, 0.15) is 6.54 Å². The third-order valence-electron chi connectivity index (χ3n) is 5.08. The number of amides is 2. The van der Waals surface area contributed by atoms with Crippen LogP contribution in [0, 0.1) is 0 Å². The van der Waals surface area contributed by atoms with Crippen LogP contribution in [0.25, 0.3) is 0 Å². The van der Waals surface area contributed by atoms with E-state index in [0.717, 1.165) is 25.2 Å². The fraction of sp³-hybridized carbons (Fsp3) is 0.250. The molecule has 0 fully saturated rings. The predicted molar refractivity (Wildman–Crippen MR) is 116 cm³/mol. The SMILES string of the molecule is CC[NH+](CC)Cc1ccc(CNC(=O)c2ccc(NC(=O)c3ccco3)cc2)cc1. The minimum atomic E-state index is -0.330. The molecular formula is C24H28N3O3+. The third-order valence-corrected chi connectivity index (χ3v) is 5.08. The molecule has 0 aliphatic rings. The van der Waals surface area contributed by atoms with E-state index in [4.69, 9.17) is 4.42 Å². The first-order valence-electron chi connectivity index (χ1n) is 10.2. The molecule has 0 atom stereocenters. The van der Waals surface area contributed by atoms with Crippen molar-refractivity contribution in [1.82, 2.24) is 5.32 Å². The number of carbonyl (C=O) groups excluding carboxylic acids is 2. The molecule has 156 valence electrons. The Bertz CT molecular complexity index is 944. The van der Waals surface area contributed by atoms with Crippen molar-refractivity contribution in [3.05, 3.63) is 89.4 Å². The van der Waals surface area contributed by atoms with Crippen LogP contribution in [0.1, 0.15) is 45.9 Å². The molecule has 0 bridgehead atoms. The van der Waals surface area contributed by atoms with Crippen LogP contribution in [-0.2, 0) is 13.1 Å². The lowest BCUT2D eigenvalue weighted by molar-refractivity contribution is -0.910. The maximum absolute atomic E-state index is 12.4. The summed E-state index contributed by atoms with van der Waals surface area (Å²) in [5.74, 6) is -0.250. The molecule has 0 unspecified atom stereocenters. The number of anilines is 1. The summed E-state index contributed by atoms with van der Waals surface area (Å²) >= 11 is 0. The van der Waals surface area contributed by atoms with Crippen molar-refractivity contribution in [2.24, 2.45) is 0 Å². The van der Waals surface area contributed by atoms with E-state index in [0.29, 0.717) is 17.8 Å². The van der Waals surface area contributed by atoms with Crippen LogP contribution in [-0.4, -0.2) is 24.9 Å². The Morgan fingerprint density at radius 1 is 0.867 bits per heavy atom. The van der Waals surface area contributed by atoms with E-state index in [1.807, 2.05) is 0 Å². The Hall–Kier alpha value is -3.38. The van der Waals surface area contributed by atoms with Gasteiger partial charge in [0.05, 0.1) is 19.4 Å². The molecule has 0 spiro atoms. The second-order valence-corrected chi connectivity index (χ2v) is 7.14. The average molecular weight is 407 g/mol. The van der Waals surface area contributed by atoms with Gasteiger partial charge in [-0.15, -0.1) is 0 Å². The molecular weight excluding hydrogens is 378 g/mol. The maximum Gasteiger partial charge on any atom is 0.291 e. The van der Waals surface area contributed by atoms with Gasteiger partial charge in [-0.05, 0) is 55.8 Å². The fourth-order valence-electron chi connectivity index (χ4n) is 3.15. The minimum Gasteiger partial charge on any atom is -0.459 e. The van der Waals surface area contributed by atoms with Gasteiger partial charge >= 0.3 is 0 Å². The first-order chi connectivity index (χ1) is 14.6. The van der Waals surface area contributed by atoms with Gasteiger partial charge in [0, 0.05) is 23.4 Å². The standard InChI is InChI=1S/C24H27N3O3/c1-3-27(4-2)17-19-9-7-18(8-10-19)16-25-23(28)20-11-13-21(14-12-20)26-24(29)22-6-5-15-30-22/h5-15H,3-4,16-17H2,1-2H3,(H,25,28)(H,26,29)/p+1. The molecule has 0 aliphatic heterocycles. The number of rotatable bonds is 9. The highest BCUT2D eigenvalue weighted by molar-refractivity contribution is 6.02. The average Bonchev–Trinajstić information content (AvgIpc) is 3.32. The molecule has 0 saturated carbocycles. The molecule has 6 nitrogen and oxygen atoms in total. The van der Waals surface area contributed by atoms with Crippen molar-refractivity contribution in [3.63, 3.8) is 0 Å². The summed E-state index contributed by atoms with van der Waals surface area (Å²) in [6.07, 6.45) is 1.45. The maximum atomic E-state index is 12.4. The van der Waals surface area contributed by atoms with Crippen molar-refractivity contribution in [1.29, 1.82) is 0 Å². The number of quaternary nitrogens is 1. The van der Waals surface area contributed by atoms with E-state index in [-0.39, 0.29) is 17.6 Å². The zero-order valence-electron chi connectivity index (χ0n) is 17.4. The summed E-state index contributed by atoms with van der Waals surface area (Å²) in [5.41, 5.74) is 3.49. The number of hydrogen-bond donors (Lipinski definition) is 3. The molecule has 2 aromatic carbocycles. The largest absolute Gasteiger partial charge is 0.459 e. The van der Waals surface area contributed by atoms with E-state index in [9.17, 15) is 9.59 Å². The first-order valence-corrected chi connectivity index (χ1v) is 10.2. The minimum absolute atomic E-state index is 0.157. The van der Waals surface area contributed by atoms with Gasteiger partial charge in [-0.3, -0.25) is 9.59 Å². The highest BCUT2D eigenvalue weighted by Crippen LogP contribution is 2.12. The van der Waals surface area contributed by atoms with Crippen LogP contribution in [0.3, 0.4) is 0 Å². The molecule has 0 radical (unpaired) electrons. The lowest BCUT2D eigenvalue weighted by Gasteiger charge is -2.15. The van der Waals surface area contributed by atoms with Gasteiger partial charge in [0.25, 0.3) is 11.8 Å². The Morgan fingerprint density at radius 3 is 2.13 bits per heavy atom. The smallest absolute Gasteiger partial charge is 0.291 e. The monoisotopic (exact) mass is 406 g/mol. The third kappa shape index (κ3) is 5.81. The van der Waals surface area contributed by atoms with Crippen molar-refractivity contribution >= 4 is 17.5 Å². The van der Waals surface area contributed by atoms with Gasteiger partial charge < -0.3 is 20.0 Å². The van der Waals surface area contributed by atoms with Gasteiger partial charge in [0.15, 0.2) is 5.76 Å². The second-order valence-electron chi connectivity index (χ2n) is 7.14. The van der Waals surface area contributed by atoms with Crippen LogP contribution in [0.4, 0.5) is 5.69 Å². The van der Waals surface area contributed by atoms with Crippen molar-refractivity contribution in [2.45, 2.75) is 26.9 Å². The van der Waals surface area contributed by atoms with Crippen LogP contribution in [0.15, 0.2) is 71.3 Å². The van der Waals surface area contributed by atoms with Crippen LogP contribution in [0.2, 0.25) is 0 Å². The summed E-state index contributed by atoms with van der Waals surface area (Å²) < 4.78 is 5.06. The Labute approximate surface area is 176 Å². The molecule has 1 aromatic heterocycles. The summed E-state index contributed by atoms with van der Waals surface area (Å²) in [4.78, 5) is 25.9. The number of furan rings is 1. The van der Waals surface area contributed by atoms with E-state index >= 15 is 0 Å². The van der Waals surface area contributed by atoms with Crippen LogP contribution in [0.5, 0.6) is 0 Å². The number of hydrogen-bond acceptors (Lipinski definition) is 3. The highest BCUT2D eigenvalue weighted by Gasteiger charge is 2.10. The predicted octanol–water partition coefficient (Wildman–Crippen LogP) is 2.89. The molecule has 3 rings (SSSR count). The molecule has 0 aliphatic carbocycles. The second kappa shape index (κ2) is 10.4. The van der Waals surface area contributed by atoms with Gasteiger partial charge in [-0.25, -0.2) is 0 Å². The molecule has 3 N–H and O–H groups in total. The topological polar surface area (TPSA) is 75.8 Å². The Morgan fingerprint density at radius 2 is 1.53 bits per heavy atom. The number of nitrogens with one attached hydrogen (secondary N) is 3. The van der Waals surface area contributed by atoms with E-state index in [1.165, 1.54) is 11.8 Å². The van der Waals surface area contributed by atoms with E-state index < -0.39 is 0 Å². The zero-order valence-corrected chi connectivity index (χ0v) is 17.4. The molecule has 0 saturated heterocycles. The molecule has 30 heavy (non-hydrogen) atoms. The van der Waals surface area contributed by atoms with Gasteiger partial charge in [0.2, 0.25) is 0 Å². The quantitative estimate of drug-likeness (QED) is 0.511. The highest BCUT2D eigenvalue weighted by atomic mass is 16.3. The lowest BCUT2D eigenvalue weighted by atomic mass is 10.1. The lowest BCUT2D eigenvalue weighted by Crippen LogP contribution is -3.10. The molecule has 1 heterocycles. The van der Waals surface area contributed by atoms with Crippen LogP contribution < -0.4 is 15.5 Å². The van der Waals surface area contributed by atoms with Gasteiger partial charge in [-0.1, -0.05) is 24.3 Å². The Kier molecular flexibility index (Phi) is 7.40. The summed E-state index contributed by atoms with van der Waals surface area (Å²) in [6.45, 7) is 8.10. The normalized spacial score (nSPS) is 10.8.